The monoisotopic (exact) mass is 1070 g/mol. The molecule has 1 aliphatic carbocycles. The summed E-state index contributed by atoms with van der Waals surface area (Å²) in [6.07, 6.45) is 7.07. The van der Waals surface area contributed by atoms with Gasteiger partial charge in [-0.25, -0.2) is 26.9 Å². The number of anilines is 3. The summed E-state index contributed by atoms with van der Waals surface area (Å²) in [6, 6.07) is 19.5. The highest BCUT2D eigenvalue weighted by molar-refractivity contribution is 7.90. The first-order valence-corrected chi connectivity index (χ1v) is 27.3. The van der Waals surface area contributed by atoms with Crippen molar-refractivity contribution in [3.8, 4) is 28.9 Å². The molecule has 21 heteroatoms. The van der Waals surface area contributed by atoms with Gasteiger partial charge in [-0.3, -0.25) is 14.6 Å². The molecule has 402 valence electrons. The third-order valence-electron chi connectivity index (χ3n) is 16.0. The van der Waals surface area contributed by atoms with Crippen molar-refractivity contribution in [2.24, 2.45) is 5.41 Å². The largest absolute Gasteiger partial charge is 0.481 e. The van der Waals surface area contributed by atoms with Crippen molar-refractivity contribution in [3.63, 3.8) is 0 Å². The number of halogens is 3. The molecule has 1 spiro atoms. The van der Waals surface area contributed by atoms with Crippen molar-refractivity contribution < 1.29 is 50.1 Å². The number of ether oxygens (including phenoxy) is 5. The number of H-pyrrole nitrogens is 1. The minimum Gasteiger partial charge on any atom is -0.481 e. The predicted octanol–water partition coefficient (Wildman–Crippen LogP) is 8.83. The van der Waals surface area contributed by atoms with E-state index < -0.39 is 43.8 Å². The van der Waals surface area contributed by atoms with Gasteiger partial charge in [-0.1, -0.05) is 38.1 Å². The Morgan fingerprint density at radius 3 is 2.51 bits per heavy atom. The van der Waals surface area contributed by atoms with Crippen LogP contribution in [0, 0.1) is 17.2 Å². The number of rotatable bonds is 15. The number of methoxy groups -OCH3 is 1. The van der Waals surface area contributed by atoms with E-state index in [1.807, 2.05) is 4.90 Å². The molecule has 3 aromatic heterocycles. The summed E-state index contributed by atoms with van der Waals surface area (Å²) in [5, 5.41) is 3.68. The van der Waals surface area contributed by atoms with Crippen molar-refractivity contribution in [1.29, 1.82) is 0 Å². The normalized spacial score (nSPS) is 19.7. The quantitative estimate of drug-likeness (QED) is 0.0562. The third kappa shape index (κ3) is 10.2. The van der Waals surface area contributed by atoms with Crippen molar-refractivity contribution in [1.82, 2.24) is 29.5 Å². The minimum absolute atomic E-state index is 0.0484. The molecule has 17 nitrogen and oxygen atoms in total. The Hall–Kier alpha value is -6.81. The van der Waals surface area contributed by atoms with Crippen LogP contribution in [0.5, 0.6) is 28.9 Å². The molecular formula is C55H62F3N9O8S. The molecule has 0 unspecified atom stereocenters. The number of carbonyl (C=O) groups is 1. The zero-order valence-corrected chi connectivity index (χ0v) is 43.5. The van der Waals surface area contributed by atoms with E-state index in [4.69, 9.17) is 29.4 Å². The Labute approximate surface area is 439 Å². The number of nitrogens with one attached hydrogen (secondary N) is 3. The van der Waals surface area contributed by atoms with Crippen molar-refractivity contribution in [2.75, 3.05) is 82.3 Å². The molecule has 3 saturated heterocycles. The van der Waals surface area contributed by atoms with Crippen molar-refractivity contribution in [3.05, 3.63) is 113 Å². The fraction of sp³-hybridized carbons (Fsp3) is 0.436. The molecule has 11 rings (SSSR count). The lowest BCUT2D eigenvalue weighted by Gasteiger charge is -2.58. The number of alkyl halides is 1. The summed E-state index contributed by atoms with van der Waals surface area (Å²) in [6.45, 7) is 8.28. The fourth-order valence-corrected chi connectivity index (χ4v) is 12.9. The van der Waals surface area contributed by atoms with E-state index >= 15 is 13.2 Å². The van der Waals surface area contributed by atoms with Gasteiger partial charge in [-0.15, -0.1) is 0 Å². The first kappa shape index (κ1) is 51.3. The number of pyridine rings is 2. The first-order chi connectivity index (χ1) is 36.6. The number of sulfonamides is 1. The lowest BCUT2D eigenvalue weighted by atomic mass is 9.59. The van der Waals surface area contributed by atoms with Crippen LogP contribution < -0.4 is 39.6 Å². The Balaban J connectivity index is 0.809. The molecule has 5 aliphatic rings. The topological polar surface area (TPSA) is 199 Å². The van der Waals surface area contributed by atoms with Crippen molar-refractivity contribution in [2.45, 2.75) is 87.5 Å². The number of nitrogens with zero attached hydrogens (tertiary/aromatic N) is 5. The van der Waals surface area contributed by atoms with Gasteiger partial charge in [0.25, 0.3) is 15.9 Å². The standard InChI is InChI=1S/C55H62F3N9O8S/c1-33(2)38-6-4-5-7-39(38)44-30-65(29-35-8-9-47(71-3)63-51(35)57)18-19-67(44)36-26-54(27-36)11-16-66(17-12-54)43-25-45(75-37-22-34-10-15-60-52(34)61-28-37)40(23-41(43)56)53(68)64-76(69,70)46-24-42(59)48(50-49(46)73-32-74-50)62-31-55(58)13-20-72-21-14-55/h4-10,15,22-25,28,33,36,44,62H,11-14,16-21,26-27,29-32,59H2,1-3H3,(H,60,61)(H,64,68)/t44-/m0/s1. The molecular weight excluding hydrogens is 1000 g/mol. The third-order valence-corrected chi connectivity index (χ3v) is 17.3. The predicted molar refractivity (Wildman–Crippen MR) is 279 cm³/mol. The van der Waals surface area contributed by atoms with E-state index in [-0.39, 0.29) is 96.8 Å². The summed E-state index contributed by atoms with van der Waals surface area (Å²) in [4.78, 5) is 32.1. The number of nitrogens with two attached hydrogens (primary N) is 1. The lowest BCUT2D eigenvalue weighted by Crippen LogP contribution is -2.60. The zero-order chi connectivity index (χ0) is 52.9. The minimum atomic E-state index is -4.77. The van der Waals surface area contributed by atoms with Gasteiger partial charge in [0.05, 0.1) is 30.2 Å². The summed E-state index contributed by atoms with van der Waals surface area (Å²) in [5.41, 5.74) is 8.41. The summed E-state index contributed by atoms with van der Waals surface area (Å²) >= 11 is 0. The zero-order valence-electron chi connectivity index (χ0n) is 42.7. The maximum absolute atomic E-state index is 16.7. The van der Waals surface area contributed by atoms with E-state index in [9.17, 15) is 13.2 Å². The highest BCUT2D eigenvalue weighted by atomic mass is 32.2. The van der Waals surface area contributed by atoms with Crippen LogP contribution in [-0.4, -0.2) is 117 Å². The number of hydrogen-bond acceptors (Lipinski definition) is 15. The van der Waals surface area contributed by atoms with Crippen molar-refractivity contribution >= 4 is 44.0 Å². The first-order valence-electron chi connectivity index (χ1n) is 25.8. The van der Waals surface area contributed by atoms with Gasteiger partial charge in [0, 0.05) is 113 Å². The Bertz CT molecular complexity index is 3270. The second-order valence-corrected chi connectivity index (χ2v) is 22.7. The molecule has 76 heavy (non-hydrogen) atoms. The lowest BCUT2D eigenvalue weighted by molar-refractivity contribution is -0.0629. The molecule has 1 atom stereocenters. The van der Waals surface area contributed by atoms with Crippen LogP contribution in [0.4, 0.5) is 30.2 Å². The highest BCUT2D eigenvalue weighted by Crippen LogP contribution is 2.54. The van der Waals surface area contributed by atoms with Crippen LogP contribution in [0.1, 0.15) is 91.4 Å². The van der Waals surface area contributed by atoms with Gasteiger partial charge in [0.15, 0.2) is 11.5 Å². The smallest absolute Gasteiger partial charge is 0.268 e. The number of carbonyl (C=O) groups excluding carboxylic acids is 1. The summed E-state index contributed by atoms with van der Waals surface area (Å²) in [5.74, 6) is -2.02. The summed E-state index contributed by atoms with van der Waals surface area (Å²) in [7, 11) is -3.30. The van der Waals surface area contributed by atoms with Crippen LogP contribution >= 0.6 is 0 Å². The van der Waals surface area contributed by atoms with E-state index in [2.05, 4.69) is 72.9 Å². The number of piperidine rings is 1. The highest BCUT2D eigenvalue weighted by Gasteiger charge is 2.50. The van der Waals surface area contributed by atoms with Gasteiger partial charge >= 0.3 is 0 Å². The molecule has 1 amide bonds. The number of piperazine rings is 1. The molecule has 7 heterocycles. The number of nitrogen functional groups attached to an aromatic ring is 1. The van der Waals surface area contributed by atoms with Crippen LogP contribution in [-0.2, 0) is 21.3 Å². The summed E-state index contributed by atoms with van der Waals surface area (Å²) < 4.78 is 106. The van der Waals surface area contributed by atoms with Gasteiger partial charge in [-0.05, 0) is 78.5 Å². The average molecular weight is 1070 g/mol. The Morgan fingerprint density at radius 2 is 1.75 bits per heavy atom. The number of fused-ring (bicyclic) bond motifs is 2. The van der Waals surface area contributed by atoms with Crippen LogP contribution in [0.15, 0.2) is 84.0 Å². The average Bonchev–Trinajstić information content (AvgIpc) is 4.12. The van der Waals surface area contributed by atoms with E-state index in [1.165, 1.54) is 30.5 Å². The second kappa shape index (κ2) is 20.6. The number of aromatic amines is 1. The SMILES string of the molecule is COc1ccc(CN2CCN(C3CC4(CCN(c5cc(Oc6cnc7[nH]ccc7c6)c(C(=O)NS(=O)(=O)c6cc(N)c(NCC7(F)CCOCC7)c7c6OCO7)cc5F)CC4)C3)[C@H](c3ccccc3C(C)C)C2)c(F)n1. The molecule has 3 aromatic carbocycles. The maximum Gasteiger partial charge on any atom is 0.268 e. The molecule has 0 bridgehead atoms. The van der Waals surface area contributed by atoms with Crippen LogP contribution in [0.2, 0.25) is 0 Å². The fourth-order valence-electron chi connectivity index (χ4n) is 11.8. The maximum atomic E-state index is 16.7. The molecule has 1 saturated carbocycles. The number of benzene rings is 3. The van der Waals surface area contributed by atoms with Gasteiger partial charge in [0.2, 0.25) is 18.6 Å². The van der Waals surface area contributed by atoms with Crippen LogP contribution in [0.25, 0.3) is 11.0 Å². The Kier molecular flexibility index (Phi) is 13.9. The molecule has 6 aromatic rings. The second-order valence-electron chi connectivity index (χ2n) is 21.1. The molecule has 0 radical (unpaired) electrons. The van der Waals surface area contributed by atoms with Gasteiger partial charge in [-0.2, -0.15) is 9.37 Å². The number of aromatic nitrogens is 3. The number of amides is 1. The van der Waals surface area contributed by atoms with E-state index in [1.54, 1.807) is 30.5 Å². The molecule has 4 fully saturated rings. The Morgan fingerprint density at radius 1 is 0.974 bits per heavy atom. The van der Waals surface area contributed by atoms with Gasteiger partial charge < -0.3 is 44.6 Å². The molecule has 5 N–H and O–H groups in total. The molecule has 4 aliphatic heterocycles. The van der Waals surface area contributed by atoms with E-state index in [0.29, 0.717) is 48.2 Å². The van der Waals surface area contributed by atoms with E-state index in [0.717, 1.165) is 57.5 Å². The number of hydrogen-bond donors (Lipinski definition) is 4. The van der Waals surface area contributed by atoms with Gasteiger partial charge in [0.1, 0.15) is 39.2 Å². The van der Waals surface area contributed by atoms with Crippen LogP contribution in [0.3, 0.4) is 0 Å².